The summed E-state index contributed by atoms with van der Waals surface area (Å²) in [6, 6.07) is 6.80. The van der Waals surface area contributed by atoms with Crippen molar-refractivity contribution in [2.75, 3.05) is 25.5 Å². The standard InChI is InChI=1S/C12H14ClN5O2/c1-20-10-3-2-8(6-9(10)13)18-12(15)17-7-11(19)16-5-4-14/h2-3,6H,5,7H2,1H3,(H,16,19)(H3,15,17,18). The van der Waals surface area contributed by atoms with Gasteiger partial charge in [0.15, 0.2) is 5.96 Å². The summed E-state index contributed by atoms with van der Waals surface area (Å²) in [5.41, 5.74) is 6.24. The maximum absolute atomic E-state index is 11.2. The van der Waals surface area contributed by atoms with Crippen LogP contribution in [0.1, 0.15) is 0 Å². The zero-order valence-corrected chi connectivity index (χ0v) is 11.6. The lowest BCUT2D eigenvalue weighted by atomic mass is 10.3. The largest absolute Gasteiger partial charge is 0.495 e. The molecule has 0 fully saturated rings. The zero-order valence-electron chi connectivity index (χ0n) is 10.8. The smallest absolute Gasteiger partial charge is 0.242 e. The third kappa shape index (κ3) is 5.04. The Labute approximate surface area is 121 Å². The van der Waals surface area contributed by atoms with E-state index in [1.807, 2.05) is 0 Å². The minimum absolute atomic E-state index is 0.0597. The molecule has 20 heavy (non-hydrogen) atoms. The second-order valence-electron chi connectivity index (χ2n) is 3.61. The summed E-state index contributed by atoms with van der Waals surface area (Å²) in [6.45, 7) is -0.222. The Hall–Kier alpha value is -2.46. The summed E-state index contributed by atoms with van der Waals surface area (Å²) >= 11 is 5.96. The summed E-state index contributed by atoms with van der Waals surface area (Å²) in [5, 5.41) is 13.9. The van der Waals surface area contributed by atoms with E-state index >= 15 is 0 Å². The number of hydrogen-bond acceptors (Lipinski definition) is 4. The monoisotopic (exact) mass is 295 g/mol. The minimum Gasteiger partial charge on any atom is -0.495 e. The lowest BCUT2D eigenvalue weighted by molar-refractivity contribution is -0.119. The van der Waals surface area contributed by atoms with E-state index in [4.69, 9.17) is 27.3 Å². The van der Waals surface area contributed by atoms with Gasteiger partial charge in [-0.25, -0.2) is 4.99 Å². The average Bonchev–Trinajstić information content (AvgIpc) is 2.43. The van der Waals surface area contributed by atoms with Gasteiger partial charge in [-0.2, -0.15) is 5.26 Å². The van der Waals surface area contributed by atoms with Gasteiger partial charge in [0.1, 0.15) is 18.8 Å². The number of benzene rings is 1. The Morgan fingerprint density at radius 2 is 2.35 bits per heavy atom. The highest BCUT2D eigenvalue weighted by Gasteiger charge is 2.03. The first-order chi connectivity index (χ1) is 9.56. The van der Waals surface area contributed by atoms with E-state index in [0.717, 1.165) is 0 Å². The van der Waals surface area contributed by atoms with Crippen molar-refractivity contribution in [3.63, 3.8) is 0 Å². The molecule has 0 bridgehead atoms. The molecule has 7 nitrogen and oxygen atoms in total. The number of carbonyl (C=O) groups excluding carboxylic acids is 1. The molecule has 0 radical (unpaired) electrons. The highest BCUT2D eigenvalue weighted by molar-refractivity contribution is 6.32. The third-order valence-electron chi connectivity index (χ3n) is 2.18. The maximum atomic E-state index is 11.2. The van der Waals surface area contributed by atoms with Gasteiger partial charge in [0.05, 0.1) is 18.2 Å². The van der Waals surface area contributed by atoms with Crippen molar-refractivity contribution in [2.45, 2.75) is 0 Å². The fourth-order valence-electron chi connectivity index (χ4n) is 1.28. The van der Waals surface area contributed by atoms with Crippen molar-refractivity contribution in [3.05, 3.63) is 23.2 Å². The van der Waals surface area contributed by atoms with Gasteiger partial charge in [0.25, 0.3) is 0 Å². The normalized spacial score (nSPS) is 10.6. The molecule has 0 atom stereocenters. The lowest BCUT2D eigenvalue weighted by Crippen LogP contribution is -2.29. The van der Waals surface area contributed by atoms with Gasteiger partial charge in [0, 0.05) is 5.69 Å². The van der Waals surface area contributed by atoms with Crippen LogP contribution in [-0.4, -0.2) is 32.1 Å². The Morgan fingerprint density at radius 1 is 1.60 bits per heavy atom. The van der Waals surface area contributed by atoms with E-state index in [0.29, 0.717) is 16.5 Å². The van der Waals surface area contributed by atoms with E-state index in [-0.39, 0.29) is 25.0 Å². The molecule has 0 aromatic heterocycles. The fraction of sp³-hybridized carbons (Fsp3) is 0.250. The van der Waals surface area contributed by atoms with E-state index < -0.39 is 0 Å². The van der Waals surface area contributed by atoms with Gasteiger partial charge in [-0.1, -0.05) is 11.6 Å². The molecule has 0 saturated carbocycles. The first-order valence-corrected chi connectivity index (χ1v) is 5.98. The molecule has 0 aliphatic rings. The number of nitrogens with zero attached hydrogens (tertiary/aromatic N) is 2. The number of nitriles is 1. The van der Waals surface area contributed by atoms with Crippen LogP contribution in [0.2, 0.25) is 5.02 Å². The SMILES string of the molecule is COc1ccc(NC(N)=NCC(=O)NCC#N)cc1Cl. The van der Waals surface area contributed by atoms with Crippen LogP contribution in [0.4, 0.5) is 5.69 Å². The van der Waals surface area contributed by atoms with E-state index in [2.05, 4.69) is 15.6 Å². The average molecular weight is 296 g/mol. The van der Waals surface area contributed by atoms with E-state index in [9.17, 15) is 4.79 Å². The van der Waals surface area contributed by atoms with Gasteiger partial charge in [0.2, 0.25) is 5.91 Å². The molecule has 0 unspecified atom stereocenters. The summed E-state index contributed by atoms with van der Waals surface area (Å²) < 4.78 is 5.02. The van der Waals surface area contributed by atoms with Crippen LogP contribution in [0.15, 0.2) is 23.2 Å². The Bertz CT molecular complexity index is 553. The van der Waals surface area contributed by atoms with Crippen LogP contribution < -0.4 is 21.1 Å². The van der Waals surface area contributed by atoms with Crippen molar-refractivity contribution in [2.24, 2.45) is 10.7 Å². The molecule has 0 aliphatic carbocycles. The summed E-state index contributed by atoms with van der Waals surface area (Å²) in [7, 11) is 1.52. The molecule has 1 amide bonds. The van der Waals surface area contributed by atoms with Gasteiger partial charge in [-0.15, -0.1) is 0 Å². The second-order valence-corrected chi connectivity index (χ2v) is 4.02. The maximum Gasteiger partial charge on any atom is 0.242 e. The molecule has 1 aromatic carbocycles. The number of ether oxygens (including phenoxy) is 1. The molecule has 1 rings (SSSR count). The molecular weight excluding hydrogens is 282 g/mol. The molecular formula is C12H14ClN5O2. The first kappa shape index (κ1) is 15.6. The van der Waals surface area contributed by atoms with Crippen LogP contribution in [0.5, 0.6) is 5.75 Å². The van der Waals surface area contributed by atoms with Gasteiger partial charge in [-0.3, -0.25) is 4.79 Å². The summed E-state index contributed by atoms with van der Waals surface area (Å²) in [4.78, 5) is 15.0. The topological polar surface area (TPSA) is 113 Å². The van der Waals surface area contributed by atoms with Gasteiger partial charge in [-0.05, 0) is 18.2 Å². The molecule has 0 saturated heterocycles. The number of methoxy groups -OCH3 is 1. The van der Waals surface area contributed by atoms with Crippen LogP contribution >= 0.6 is 11.6 Å². The minimum atomic E-state index is -0.385. The summed E-state index contributed by atoms with van der Waals surface area (Å²) in [6.07, 6.45) is 0. The molecule has 4 N–H and O–H groups in total. The summed E-state index contributed by atoms with van der Waals surface area (Å²) in [5.74, 6) is 0.228. The number of hydrogen-bond donors (Lipinski definition) is 3. The van der Waals surface area contributed by atoms with Gasteiger partial charge >= 0.3 is 0 Å². The third-order valence-corrected chi connectivity index (χ3v) is 2.48. The lowest BCUT2D eigenvalue weighted by Gasteiger charge is -2.08. The van der Waals surface area contributed by atoms with Crippen LogP contribution in [0, 0.1) is 11.3 Å². The zero-order chi connectivity index (χ0) is 15.0. The predicted octanol–water partition coefficient (Wildman–Crippen LogP) is 0.715. The number of rotatable bonds is 5. The molecule has 8 heteroatoms. The van der Waals surface area contributed by atoms with E-state index in [1.165, 1.54) is 7.11 Å². The molecule has 106 valence electrons. The van der Waals surface area contributed by atoms with Crippen molar-refractivity contribution in [1.29, 1.82) is 5.26 Å². The number of carbonyl (C=O) groups is 1. The first-order valence-electron chi connectivity index (χ1n) is 5.61. The second kappa shape index (κ2) is 7.86. The fourth-order valence-corrected chi connectivity index (χ4v) is 1.54. The van der Waals surface area contributed by atoms with Crippen molar-refractivity contribution >= 4 is 29.2 Å². The highest BCUT2D eigenvalue weighted by atomic mass is 35.5. The number of guanidine groups is 1. The van der Waals surface area contributed by atoms with Crippen LogP contribution in [-0.2, 0) is 4.79 Å². The van der Waals surface area contributed by atoms with Crippen LogP contribution in [0.25, 0.3) is 0 Å². The molecule has 0 spiro atoms. The number of aliphatic imine (C=N–C) groups is 1. The number of halogens is 1. The number of anilines is 1. The number of amides is 1. The quantitative estimate of drug-likeness (QED) is 0.421. The molecule has 1 aromatic rings. The van der Waals surface area contributed by atoms with Crippen molar-refractivity contribution in [3.8, 4) is 11.8 Å². The van der Waals surface area contributed by atoms with Crippen LogP contribution in [0.3, 0.4) is 0 Å². The van der Waals surface area contributed by atoms with Gasteiger partial charge < -0.3 is 21.1 Å². The molecule has 0 aliphatic heterocycles. The Balaban J connectivity index is 2.57. The predicted molar refractivity (Wildman–Crippen MR) is 76.7 cm³/mol. The number of nitrogens with one attached hydrogen (secondary N) is 2. The molecule has 0 heterocycles. The van der Waals surface area contributed by atoms with E-state index in [1.54, 1.807) is 24.3 Å². The Kier molecular flexibility index (Phi) is 6.13. The number of nitrogens with two attached hydrogens (primary N) is 1. The van der Waals surface area contributed by atoms with Crippen molar-refractivity contribution in [1.82, 2.24) is 5.32 Å². The van der Waals surface area contributed by atoms with Crippen molar-refractivity contribution < 1.29 is 9.53 Å². The Morgan fingerprint density at radius 3 is 2.95 bits per heavy atom. The highest BCUT2D eigenvalue weighted by Crippen LogP contribution is 2.26.